The molecule has 1 aliphatic rings. The molecule has 3 heteroatoms. The van der Waals surface area contributed by atoms with Crippen LogP contribution in [0.1, 0.15) is 19.8 Å². The largest absolute Gasteiger partial charge is 0.315 e. The number of nitrogens with zero attached hydrogens (tertiary/aromatic N) is 2. The van der Waals surface area contributed by atoms with E-state index in [4.69, 9.17) is 0 Å². The van der Waals surface area contributed by atoms with Crippen LogP contribution in [0.15, 0.2) is 0 Å². The van der Waals surface area contributed by atoms with E-state index in [0.29, 0.717) is 0 Å². The summed E-state index contributed by atoms with van der Waals surface area (Å²) >= 11 is 0. The number of piperazine rings is 1. The van der Waals surface area contributed by atoms with Crippen LogP contribution in [0.4, 0.5) is 0 Å². The van der Waals surface area contributed by atoms with Crippen molar-refractivity contribution in [2.45, 2.75) is 19.8 Å². The molecule has 1 N–H and O–H groups in total. The van der Waals surface area contributed by atoms with Crippen LogP contribution < -0.4 is 5.32 Å². The van der Waals surface area contributed by atoms with E-state index in [2.05, 4.69) is 29.1 Å². The van der Waals surface area contributed by atoms with Crippen LogP contribution in [-0.4, -0.2) is 62.7 Å². The van der Waals surface area contributed by atoms with Crippen molar-refractivity contribution in [1.82, 2.24) is 15.1 Å². The molecule has 1 heterocycles. The zero-order valence-corrected chi connectivity index (χ0v) is 9.76. The first-order valence-electron chi connectivity index (χ1n) is 5.94. The third kappa shape index (κ3) is 4.94. The zero-order valence-electron chi connectivity index (χ0n) is 9.76. The minimum absolute atomic E-state index is 1.16. The molecule has 0 amide bonds. The van der Waals surface area contributed by atoms with E-state index in [9.17, 15) is 0 Å². The standard InChI is InChI=1S/C11H25N3/c1-3-4-5-12-6-7-14-10-8-13(2)9-11-14/h12H,3-11H2,1-2H3. The van der Waals surface area contributed by atoms with Gasteiger partial charge in [0, 0.05) is 39.3 Å². The average Bonchev–Trinajstić information content (AvgIpc) is 2.21. The van der Waals surface area contributed by atoms with Crippen LogP contribution >= 0.6 is 0 Å². The number of hydrogen-bond donors (Lipinski definition) is 1. The highest BCUT2D eigenvalue weighted by molar-refractivity contribution is 4.69. The summed E-state index contributed by atoms with van der Waals surface area (Å²) in [5.41, 5.74) is 0. The Kier molecular flexibility index (Phi) is 6.15. The van der Waals surface area contributed by atoms with Crippen molar-refractivity contribution in [2.75, 3.05) is 52.9 Å². The van der Waals surface area contributed by atoms with Crippen molar-refractivity contribution < 1.29 is 0 Å². The molecule has 1 rings (SSSR count). The summed E-state index contributed by atoms with van der Waals surface area (Å²) in [6.45, 7) is 10.7. The van der Waals surface area contributed by atoms with Crippen LogP contribution in [0.5, 0.6) is 0 Å². The Labute approximate surface area is 88.5 Å². The molecule has 0 aliphatic carbocycles. The molecule has 0 aromatic rings. The van der Waals surface area contributed by atoms with Gasteiger partial charge in [-0.05, 0) is 20.0 Å². The zero-order chi connectivity index (χ0) is 10.2. The van der Waals surface area contributed by atoms with Crippen molar-refractivity contribution in [1.29, 1.82) is 0 Å². The van der Waals surface area contributed by atoms with Crippen LogP contribution in [0.25, 0.3) is 0 Å². The van der Waals surface area contributed by atoms with E-state index < -0.39 is 0 Å². The number of rotatable bonds is 6. The number of likely N-dealkylation sites (N-methyl/N-ethyl adjacent to an activating group) is 1. The van der Waals surface area contributed by atoms with E-state index in [1.54, 1.807) is 0 Å². The summed E-state index contributed by atoms with van der Waals surface area (Å²) in [7, 11) is 2.21. The summed E-state index contributed by atoms with van der Waals surface area (Å²) < 4.78 is 0. The van der Waals surface area contributed by atoms with E-state index >= 15 is 0 Å². The highest BCUT2D eigenvalue weighted by atomic mass is 15.2. The van der Waals surface area contributed by atoms with Crippen molar-refractivity contribution in [3.05, 3.63) is 0 Å². The van der Waals surface area contributed by atoms with Crippen molar-refractivity contribution in [3.63, 3.8) is 0 Å². The highest BCUT2D eigenvalue weighted by Gasteiger charge is 2.12. The molecule has 0 atom stereocenters. The molecule has 3 nitrogen and oxygen atoms in total. The highest BCUT2D eigenvalue weighted by Crippen LogP contribution is 1.97. The molecule has 0 bridgehead atoms. The van der Waals surface area contributed by atoms with Crippen molar-refractivity contribution in [2.24, 2.45) is 0 Å². The second kappa shape index (κ2) is 7.21. The Morgan fingerprint density at radius 3 is 2.43 bits per heavy atom. The molecule has 0 saturated carbocycles. The van der Waals surface area contributed by atoms with Gasteiger partial charge in [0.05, 0.1) is 0 Å². The minimum Gasteiger partial charge on any atom is -0.315 e. The summed E-state index contributed by atoms with van der Waals surface area (Å²) in [5.74, 6) is 0. The Morgan fingerprint density at radius 2 is 1.79 bits per heavy atom. The van der Waals surface area contributed by atoms with Crippen molar-refractivity contribution in [3.8, 4) is 0 Å². The first kappa shape index (κ1) is 12.0. The Bertz CT molecular complexity index is 130. The number of nitrogens with one attached hydrogen (secondary N) is 1. The maximum atomic E-state index is 3.49. The van der Waals surface area contributed by atoms with Gasteiger partial charge in [-0.3, -0.25) is 4.90 Å². The van der Waals surface area contributed by atoms with Gasteiger partial charge in [-0.1, -0.05) is 13.3 Å². The predicted molar refractivity (Wildman–Crippen MR) is 61.7 cm³/mol. The molecule has 0 aromatic carbocycles. The van der Waals surface area contributed by atoms with Gasteiger partial charge in [-0.25, -0.2) is 0 Å². The van der Waals surface area contributed by atoms with Gasteiger partial charge >= 0.3 is 0 Å². The Hall–Kier alpha value is -0.120. The lowest BCUT2D eigenvalue weighted by molar-refractivity contribution is 0.155. The molecule has 0 unspecified atom stereocenters. The molecule has 0 aromatic heterocycles. The molecule has 14 heavy (non-hydrogen) atoms. The topological polar surface area (TPSA) is 18.5 Å². The lowest BCUT2D eigenvalue weighted by Crippen LogP contribution is -2.46. The van der Waals surface area contributed by atoms with E-state index in [-0.39, 0.29) is 0 Å². The Balaban J connectivity index is 1.91. The van der Waals surface area contributed by atoms with Crippen LogP contribution in [0.3, 0.4) is 0 Å². The maximum Gasteiger partial charge on any atom is 0.0110 e. The predicted octanol–water partition coefficient (Wildman–Crippen LogP) is 0.624. The summed E-state index contributed by atoms with van der Waals surface area (Å²) in [4.78, 5) is 4.96. The summed E-state index contributed by atoms with van der Waals surface area (Å²) in [6, 6.07) is 0. The van der Waals surface area contributed by atoms with E-state index in [0.717, 1.165) is 6.54 Å². The second-order valence-corrected chi connectivity index (χ2v) is 4.25. The quantitative estimate of drug-likeness (QED) is 0.633. The monoisotopic (exact) mass is 199 g/mol. The van der Waals surface area contributed by atoms with Gasteiger partial charge in [-0.2, -0.15) is 0 Å². The lowest BCUT2D eigenvalue weighted by Gasteiger charge is -2.32. The van der Waals surface area contributed by atoms with E-state index in [1.807, 2.05) is 0 Å². The smallest absolute Gasteiger partial charge is 0.0110 e. The van der Waals surface area contributed by atoms with Gasteiger partial charge in [0.25, 0.3) is 0 Å². The third-order valence-electron chi connectivity index (χ3n) is 2.91. The van der Waals surface area contributed by atoms with Gasteiger partial charge in [0.1, 0.15) is 0 Å². The SMILES string of the molecule is CCCCNCCN1CCN(C)CC1. The van der Waals surface area contributed by atoms with Gasteiger partial charge < -0.3 is 10.2 Å². The fourth-order valence-corrected chi connectivity index (χ4v) is 1.74. The minimum atomic E-state index is 1.16. The molecule has 0 radical (unpaired) electrons. The number of unbranched alkanes of at least 4 members (excludes halogenated alkanes) is 1. The summed E-state index contributed by atoms with van der Waals surface area (Å²) in [5, 5.41) is 3.49. The molecular weight excluding hydrogens is 174 g/mol. The van der Waals surface area contributed by atoms with Crippen LogP contribution in [0.2, 0.25) is 0 Å². The van der Waals surface area contributed by atoms with Crippen molar-refractivity contribution >= 4 is 0 Å². The fraction of sp³-hybridized carbons (Fsp3) is 1.00. The lowest BCUT2D eigenvalue weighted by atomic mass is 10.3. The number of hydrogen-bond acceptors (Lipinski definition) is 3. The average molecular weight is 199 g/mol. The molecular formula is C11H25N3. The van der Waals surface area contributed by atoms with Crippen LogP contribution in [0, 0.1) is 0 Å². The van der Waals surface area contributed by atoms with Gasteiger partial charge in [-0.15, -0.1) is 0 Å². The summed E-state index contributed by atoms with van der Waals surface area (Å²) in [6.07, 6.45) is 2.60. The van der Waals surface area contributed by atoms with Gasteiger partial charge in [0.2, 0.25) is 0 Å². The second-order valence-electron chi connectivity index (χ2n) is 4.25. The molecule has 0 spiro atoms. The third-order valence-corrected chi connectivity index (χ3v) is 2.91. The molecule has 1 fully saturated rings. The fourth-order valence-electron chi connectivity index (χ4n) is 1.74. The van der Waals surface area contributed by atoms with Crippen LogP contribution in [-0.2, 0) is 0 Å². The maximum absolute atomic E-state index is 3.49. The van der Waals surface area contributed by atoms with Gasteiger partial charge in [0.15, 0.2) is 0 Å². The first-order chi connectivity index (χ1) is 6.83. The molecule has 1 aliphatic heterocycles. The first-order valence-corrected chi connectivity index (χ1v) is 5.94. The molecule has 84 valence electrons. The molecule has 1 saturated heterocycles. The Morgan fingerprint density at radius 1 is 1.07 bits per heavy atom. The normalized spacial score (nSPS) is 20.1. The van der Waals surface area contributed by atoms with E-state index in [1.165, 1.54) is 52.1 Å².